The molecule has 5 nitrogen and oxygen atoms in total. The van der Waals surface area contributed by atoms with Crippen LogP contribution in [-0.4, -0.2) is 56.0 Å². The summed E-state index contributed by atoms with van der Waals surface area (Å²) in [5, 5.41) is 1.01. The minimum absolute atomic E-state index is 0.0251. The molecule has 0 bridgehead atoms. The van der Waals surface area contributed by atoms with Crippen LogP contribution in [0, 0.1) is 5.82 Å². The standard InChI is InChI=1S/C24H25Cl2FN2O3/c1-16(30)17-2-5-22(21(27)14-17)28-8-10-29(11-9-28)23(31)24(6-12-32-13-7-24)19-4-3-18(25)15-20(19)26/h2-5,14-15H,6-13H2,1H3. The van der Waals surface area contributed by atoms with Gasteiger partial charge in [0.15, 0.2) is 5.78 Å². The second-order valence-electron chi connectivity index (χ2n) is 8.32. The SMILES string of the molecule is CC(=O)c1ccc(N2CCN(C(=O)C3(c4ccc(Cl)cc4Cl)CCOCC3)CC2)c(F)c1. The molecule has 2 aliphatic rings. The molecule has 1 amide bonds. The number of nitrogens with zero attached hydrogens (tertiary/aromatic N) is 2. The van der Waals surface area contributed by atoms with Gasteiger partial charge in [0.1, 0.15) is 5.82 Å². The average Bonchev–Trinajstić information content (AvgIpc) is 2.79. The quantitative estimate of drug-likeness (QED) is 0.595. The largest absolute Gasteiger partial charge is 0.381 e. The molecule has 2 heterocycles. The first-order chi connectivity index (χ1) is 15.3. The number of carbonyl (C=O) groups excluding carboxylic acids is 2. The van der Waals surface area contributed by atoms with E-state index in [0.717, 1.165) is 5.56 Å². The Hall–Kier alpha value is -2.15. The summed E-state index contributed by atoms with van der Waals surface area (Å²) in [4.78, 5) is 29.0. The summed E-state index contributed by atoms with van der Waals surface area (Å²) in [7, 11) is 0. The highest BCUT2D eigenvalue weighted by Crippen LogP contribution is 2.41. The molecule has 0 N–H and O–H groups in total. The second-order valence-corrected chi connectivity index (χ2v) is 9.16. The Kier molecular flexibility index (Phi) is 6.75. The monoisotopic (exact) mass is 478 g/mol. The van der Waals surface area contributed by atoms with Crippen LogP contribution >= 0.6 is 23.2 Å². The van der Waals surface area contributed by atoms with Crippen LogP contribution < -0.4 is 4.90 Å². The third-order valence-electron chi connectivity index (χ3n) is 6.46. The summed E-state index contributed by atoms with van der Waals surface area (Å²) in [5.41, 5.74) is 0.825. The minimum Gasteiger partial charge on any atom is -0.381 e. The molecule has 0 saturated carbocycles. The number of ether oxygens (including phenoxy) is 1. The van der Waals surface area contributed by atoms with Crippen molar-refractivity contribution in [2.24, 2.45) is 0 Å². The molecule has 0 aliphatic carbocycles. The van der Waals surface area contributed by atoms with Crippen LogP contribution in [0.3, 0.4) is 0 Å². The number of carbonyl (C=O) groups is 2. The normalized spacial score (nSPS) is 18.5. The molecule has 170 valence electrons. The third kappa shape index (κ3) is 4.36. The summed E-state index contributed by atoms with van der Waals surface area (Å²) in [6.07, 6.45) is 1.10. The van der Waals surface area contributed by atoms with E-state index in [0.29, 0.717) is 73.5 Å². The van der Waals surface area contributed by atoms with Crippen molar-refractivity contribution >= 4 is 40.6 Å². The van der Waals surface area contributed by atoms with Crippen LogP contribution in [0.1, 0.15) is 35.7 Å². The van der Waals surface area contributed by atoms with E-state index in [4.69, 9.17) is 27.9 Å². The number of amides is 1. The number of anilines is 1. The van der Waals surface area contributed by atoms with E-state index in [9.17, 15) is 14.0 Å². The molecule has 0 spiro atoms. The van der Waals surface area contributed by atoms with Gasteiger partial charge in [0, 0.05) is 55.0 Å². The van der Waals surface area contributed by atoms with Gasteiger partial charge < -0.3 is 14.5 Å². The first-order valence-corrected chi connectivity index (χ1v) is 11.5. The van der Waals surface area contributed by atoms with Gasteiger partial charge in [-0.2, -0.15) is 0 Å². The van der Waals surface area contributed by atoms with E-state index in [2.05, 4.69) is 0 Å². The van der Waals surface area contributed by atoms with Crippen LogP contribution in [0.4, 0.5) is 10.1 Å². The van der Waals surface area contributed by atoms with Crippen molar-refractivity contribution in [3.05, 3.63) is 63.4 Å². The van der Waals surface area contributed by atoms with E-state index in [1.807, 2.05) is 15.9 Å². The van der Waals surface area contributed by atoms with Crippen molar-refractivity contribution in [1.82, 2.24) is 4.90 Å². The number of piperazine rings is 1. The molecule has 0 aromatic heterocycles. The fraction of sp³-hybridized carbons (Fsp3) is 0.417. The number of Topliss-reactive ketones (excluding diaryl/α,β-unsaturated/α-hetero) is 1. The van der Waals surface area contributed by atoms with Crippen molar-refractivity contribution in [3.63, 3.8) is 0 Å². The summed E-state index contributed by atoms with van der Waals surface area (Å²) in [5.74, 6) is -0.572. The Balaban J connectivity index is 1.53. The maximum absolute atomic E-state index is 14.6. The van der Waals surface area contributed by atoms with Crippen LogP contribution in [0.15, 0.2) is 36.4 Å². The Labute approximate surface area is 197 Å². The number of benzene rings is 2. The highest BCUT2D eigenvalue weighted by Gasteiger charge is 2.45. The number of ketones is 1. The number of rotatable bonds is 4. The molecule has 4 rings (SSSR count). The molecular formula is C24H25Cl2FN2O3. The maximum Gasteiger partial charge on any atom is 0.233 e. The molecule has 0 radical (unpaired) electrons. The van der Waals surface area contributed by atoms with Crippen molar-refractivity contribution in [2.45, 2.75) is 25.2 Å². The van der Waals surface area contributed by atoms with E-state index in [1.54, 1.807) is 24.3 Å². The van der Waals surface area contributed by atoms with Crippen molar-refractivity contribution < 1.29 is 18.7 Å². The van der Waals surface area contributed by atoms with Crippen molar-refractivity contribution in [2.75, 3.05) is 44.3 Å². The Morgan fingerprint density at radius 1 is 1.00 bits per heavy atom. The van der Waals surface area contributed by atoms with Gasteiger partial charge in [-0.15, -0.1) is 0 Å². The number of hydrogen-bond donors (Lipinski definition) is 0. The summed E-state index contributed by atoms with van der Waals surface area (Å²) >= 11 is 12.6. The maximum atomic E-state index is 14.6. The molecule has 2 fully saturated rings. The lowest BCUT2D eigenvalue weighted by atomic mass is 9.72. The molecule has 32 heavy (non-hydrogen) atoms. The lowest BCUT2D eigenvalue weighted by Crippen LogP contribution is -2.56. The van der Waals surface area contributed by atoms with Crippen molar-refractivity contribution in [3.8, 4) is 0 Å². The zero-order valence-corrected chi connectivity index (χ0v) is 19.4. The first-order valence-electron chi connectivity index (χ1n) is 10.7. The van der Waals surface area contributed by atoms with E-state index in [1.165, 1.54) is 13.0 Å². The molecule has 0 unspecified atom stereocenters. The van der Waals surface area contributed by atoms with Gasteiger partial charge >= 0.3 is 0 Å². The molecule has 0 atom stereocenters. The fourth-order valence-electron chi connectivity index (χ4n) is 4.63. The van der Waals surface area contributed by atoms with Gasteiger partial charge in [-0.25, -0.2) is 4.39 Å². The highest BCUT2D eigenvalue weighted by molar-refractivity contribution is 6.35. The van der Waals surface area contributed by atoms with Gasteiger partial charge in [-0.05, 0) is 55.7 Å². The lowest BCUT2D eigenvalue weighted by molar-refractivity contribution is -0.141. The van der Waals surface area contributed by atoms with Crippen LogP contribution in [0.2, 0.25) is 10.0 Å². The number of hydrogen-bond acceptors (Lipinski definition) is 4. The minimum atomic E-state index is -0.753. The summed E-state index contributed by atoms with van der Waals surface area (Å²) < 4.78 is 20.1. The van der Waals surface area contributed by atoms with Gasteiger partial charge in [0.05, 0.1) is 11.1 Å². The third-order valence-corrected chi connectivity index (χ3v) is 7.01. The lowest BCUT2D eigenvalue weighted by Gasteiger charge is -2.43. The van der Waals surface area contributed by atoms with Gasteiger partial charge in [-0.3, -0.25) is 9.59 Å². The molecular weight excluding hydrogens is 454 g/mol. The predicted molar refractivity (Wildman–Crippen MR) is 123 cm³/mol. The van der Waals surface area contributed by atoms with Crippen LogP contribution in [-0.2, 0) is 14.9 Å². The number of halogens is 3. The molecule has 8 heteroatoms. The van der Waals surface area contributed by atoms with E-state index < -0.39 is 11.2 Å². The smallest absolute Gasteiger partial charge is 0.233 e. The van der Waals surface area contributed by atoms with Gasteiger partial charge in [0.2, 0.25) is 5.91 Å². The van der Waals surface area contributed by atoms with Crippen LogP contribution in [0.5, 0.6) is 0 Å². The van der Waals surface area contributed by atoms with Gasteiger partial charge in [0.25, 0.3) is 0 Å². The second kappa shape index (κ2) is 9.38. The molecule has 2 aromatic carbocycles. The molecule has 2 aliphatic heterocycles. The summed E-state index contributed by atoms with van der Waals surface area (Å²) in [6.45, 7) is 4.34. The van der Waals surface area contributed by atoms with Gasteiger partial charge in [-0.1, -0.05) is 29.3 Å². The molecule has 2 saturated heterocycles. The van der Waals surface area contributed by atoms with E-state index in [-0.39, 0.29) is 11.7 Å². The molecule has 2 aromatic rings. The zero-order valence-electron chi connectivity index (χ0n) is 17.9. The topological polar surface area (TPSA) is 49.9 Å². The Morgan fingerprint density at radius 2 is 1.69 bits per heavy atom. The average molecular weight is 479 g/mol. The van der Waals surface area contributed by atoms with E-state index >= 15 is 0 Å². The first kappa shape index (κ1) is 23.0. The van der Waals surface area contributed by atoms with Crippen LogP contribution in [0.25, 0.3) is 0 Å². The Bertz CT molecular complexity index is 1030. The Morgan fingerprint density at radius 3 is 2.28 bits per heavy atom. The fourth-order valence-corrected chi connectivity index (χ4v) is 5.22. The zero-order chi connectivity index (χ0) is 22.9. The predicted octanol–water partition coefficient (Wildman–Crippen LogP) is 4.73. The summed E-state index contributed by atoms with van der Waals surface area (Å²) in [6, 6.07) is 9.83. The highest BCUT2D eigenvalue weighted by atomic mass is 35.5. The van der Waals surface area contributed by atoms with Crippen molar-refractivity contribution in [1.29, 1.82) is 0 Å².